The zero-order chi connectivity index (χ0) is 52.1. The summed E-state index contributed by atoms with van der Waals surface area (Å²) in [5.41, 5.74) is 6.80. The maximum atomic E-state index is 14.2. The second-order valence-electron chi connectivity index (χ2n) is 30.7. The number of carbonyl (C=O) groups is 2. The Bertz CT molecular complexity index is 7660. The highest BCUT2D eigenvalue weighted by Crippen LogP contribution is 2.84. The Labute approximate surface area is 458 Å². The largest absolute Gasteiger partial charge is 0.458 e. The average molecular weight is 1040 g/mol. The molecular formula is C78H27NO4. The lowest BCUT2D eigenvalue weighted by Crippen LogP contribution is -2.47. The van der Waals surface area contributed by atoms with Crippen LogP contribution in [0.25, 0.3) is 291 Å². The summed E-state index contributed by atoms with van der Waals surface area (Å²) in [6.07, 6.45) is -0.347. The van der Waals surface area contributed by atoms with Crippen molar-refractivity contribution in [1.82, 2.24) is 5.32 Å². The fourth-order valence-electron chi connectivity index (χ4n) is 25.8. The van der Waals surface area contributed by atoms with E-state index in [2.05, 4.69) is 29.6 Å². The van der Waals surface area contributed by atoms with Crippen LogP contribution >= 0.6 is 0 Å². The summed E-state index contributed by atoms with van der Waals surface area (Å²) < 4.78 is 11.8. The van der Waals surface area contributed by atoms with E-state index in [-0.39, 0.29) is 12.3 Å². The summed E-state index contributed by atoms with van der Waals surface area (Å²) >= 11 is 0. The number of benzene rings is 19. The molecule has 5 nitrogen and oxygen atoms in total. The third-order valence-corrected chi connectivity index (χ3v) is 26.4. The summed E-state index contributed by atoms with van der Waals surface area (Å²) in [7, 11) is 0. The first-order valence-corrected chi connectivity index (χ1v) is 30.5. The Kier molecular flexibility index (Phi) is 3.62. The van der Waals surface area contributed by atoms with Gasteiger partial charge < -0.3 is 14.8 Å². The van der Waals surface area contributed by atoms with Gasteiger partial charge in [-0.1, -0.05) is 24.3 Å². The standard InChI is InChI=1S/C78H27NO4/c1-76(2,3)82-74(80)14(79-75(81)83-77(4,5)6)11-12-7-9-13(10-8-12)78-71-67-61-47-39-31-19-16-15-17-20(19)32-34-30-24(17)26-22-18(15)21-25-23(16)29-33(31)45(47)53-51-37(29)35(25)43-41-27(21)28(22)42-44-36(26)38(30)52-54-46(34)48(40(32)39)62(61)68(71)64(54)66-58(52)56(44)60-50(42)49(41)59-55(43)57(51)65(63(53)67)72(78)69(59)70(60)73(66)78/h7-10,14,71H,11H2,1-6H3,(H,79,81)/t14-,71?,78?/m0/s1. The lowest BCUT2D eigenvalue weighted by atomic mass is 9.54. The third-order valence-electron chi connectivity index (χ3n) is 26.4. The predicted octanol–water partition coefficient (Wildman–Crippen LogP) is 20.0. The molecule has 5 heteroatoms. The lowest BCUT2D eigenvalue weighted by Gasteiger charge is -2.46. The highest BCUT2D eigenvalue weighted by atomic mass is 16.6. The van der Waals surface area contributed by atoms with Crippen molar-refractivity contribution in [3.05, 3.63) is 57.6 Å². The molecule has 0 saturated carbocycles. The first-order chi connectivity index (χ1) is 40.4. The number of carbonyl (C=O) groups excluding carboxylic acids is 2. The Morgan fingerprint density at radius 3 is 0.843 bits per heavy atom. The summed E-state index contributed by atoms with van der Waals surface area (Å²) in [4.78, 5) is 27.8. The second kappa shape index (κ2) is 8.50. The van der Waals surface area contributed by atoms with Crippen LogP contribution in [0.1, 0.15) is 80.8 Å². The fourth-order valence-corrected chi connectivity index (χ4v) is 25.8. The first-order valence-electron chi connectivity index (χ1n) is 30.5. The zero-order valence-corrected chi connectivity index (χ0v) is 44.8. The SMILES string of the molecule is CC(C)(C)OC(=O)N[C@@H](Cc1ccc(C23c4c5c6c7c8c9c(c%10c%11c2c2c4c4c%12c5c5c6c6c8c8c%13c9c9c%10c%10c%11c%11c2c2c4c4c%12c%12c5c5c6c8c6c8c%13c9c9c%10c%10c%11c2c2c4c4c%12c5c6c5c8c9c%10c2c45)C73)cc1)C(=O)OC(C)(C)C. The van der Waals surface area contributed by atoms with E-state index in [1.807, 2.05) is 41.5 Å². The van der Waals surface area contributed by atoms with Gasteiger partial charge in [0.2, 0.25) is 0 Å². The molecule has 4 aliphatic rings. The molecule has 83 heavy (non-hydrogen) atoms. The Hall–Kier alpha value is -9.58. The molecule has 368 valence electrons. The average Bonchev–Trinajstić information content (AvgIpc) is 1.39. The number of hydrogen-bond donors (Lipinski definition) is 1. The quantitative estimate of drug-likeness (QED) is 0.138. The molecule has 0 saturated heterocycles. The third kappa shape index (κ3) is 2.31. The summed E-state index contributed by atoms with van der Waals surface area (Å²) in [6.45, 7) is 11.2. The van der Waals surface area contributed by atoms with Gasteiger partial charge in [0, 0.05) is 12.3 Å². The number of alkyl carbamates (subject to hydrolysis) is 1. The number of esters is 1. The van der Waals surface area contributed by atoms with Crippen LogP contribution < -0.4 is 5.32 Å². The van der Waals surface area contributed by atoms with Crippen LogP contribution in [-0.2, 0) is 26.1 Å². The highest BCUT2D eigenvalue weighted by Gasteiger charge is 2.63. The van der Waals surface area contributed by atoms with Gasteiger partial charge in [-0.3, -0.25) is 0 Å². The molecule has 1 atom stereocenters. The van der Waals surface area contributed by atoms with E-state index >= 15 is 0 Å². The van der Waals surface area contributed by atoms with Crippen molar-refractivity contribution in [2.24, 2.45) is 0 Å². The van der Waals surface area contributed by atoms with E-state index in [4.69, 9.17) is 9.47 Å². The Morgan fingerprint density at radius 2 is 0.578 bits per heavy atom. The molecule has 0 bridgehead atoms. The molecule has 1 amide bonds. The van der Waals surface area contributed by atoms with Crippen LogP contribution in [0.2, 0.25) is 0 Å². The van der Waals surface area contributed by atoms with Crippen molar-refractivity contribution < 1.29 is 19.1 Å². The van der Waals surface area contributed by atoms with Crippen LogP contribution in [0.3, 0.4) is 0 Å². The molecule has 29 aromatic rings. The fraction of sp³-hybridized carbons (Fsp3) is 0.154. The van der Waals surface area contributed by atoms with Gasteiger partial charge in [0.25, 0.3) is 0 Å². The lowest BCUT2D eigenvalue weighted by molar-refractivity contribution is -0.157. The molecule has 0 aliphatic heterocycles. The molecule has 0 fully saturated rings. The molecule has 1 N–H and O–H groups in total. The summed E-state index contributed by atoms with van der Waals surface area (Å²) in [5.74, 6) is -0.390. The Balaban J connectivity index is 0.897. The first kappa shape index (κ1) is 35.3. The van der Waals surface area contributed by atoms with Crippen LogP contribution in [-0.4, -0.2) is 29.3 Å². The van der Waals surface area contributed by atoms with Crippen LogP contribution in [0.4, 0.5) is 4.79 Å². The number of amides is 1. The Morgan fingerprint density at radius 1 is 0.349 bits per heavy atom. The van der Waals surface area contributed by atoms with Crippen LogP contribution in [0, 0.1) is 0 Å². The zero-order valence-electron chi connectivity index (χ0n) is 44.8. The maximum absolute atomic E-state index is 14.2. The molecule has 0 heterocycles. The van der Waals surface area contributed by atoms with E-state index in [9.17, 15) is 9.59 Å². The van der Waals surface area contributed by atoms with Crippen LogP contribution in [0.5, 0.6) is 0 Å². The van der Waals surface area contributed by atoms with Gasteiger partial charge in [0.1, 0.15) is 17.2 Å². The van der Waals surface area contributed by atoms with Crippen molar-refractivity contribution in [2.75, 3.05) is 0 Å². The molecule has 0 spiro atoms. The molecule has 33 rings (SSSR count). The number of nitrogens with one attached hydrogen (secondary N) is 1. The van der Waals surface area contributed by atoms with Crippen molar-refractivity contribution in [2.45, 2.75) is 76.5 Å². The van der Waals surface area contributed by atoms with Gasteiger partial charge in [-0.25, -0.2) is 9.59 Å². The van der Waals surface area contributed by atoms with E-state index in [1.165, 1.54) is 5.56 Å². The van der Waals surface area contributed by atoms with Gasteiger partial charge in [-0.15, -0.1) is 0 Å². The molecule has 29 aromatic carbocycles. The van der Waals surface area contributed by atoms with Crippen molar-refractivity contribution in [1.29, 1.82) is 0 Å². The van der Waals surface area contributed by atoms with Crippen LogP contribution in [0.15, 0.2) is 24.3 Å². The van der Waals surface area contributed by atoms with Gasteiger partial charge in [-0.2, -0.15) is 0 Å². The normalized spacial score (nSPS) is 20.0. The number of hydrogen-bond acceptors (Lipinski definition) is 4. The molecule has 0 unspecified atom stereocenters. The summed E-state index contributed by atoms with van der Waals surface area (Å²) in [5, 5.41) is 89.2. The van der Waals surface area contributed by atoms with Gasteiger partial charge in [0.05, 0.1) is 5.41 Å². The minimum Gasteiger partial charge on any atom is -0.458 e. The van der Waals surface area contributed by atoms with Gasteiger partial charge >= 0.3 is 12.1 Å². The van der Waals surface area contributed by atoms with Gasteiger partial charge in [0.15, 0.2) is 0 Å². The number of rotatable bonds is 5. The number of ether oxygens (including phenoxy) is 2. The molecule has 0 aromatic heterocycles. The smallest absolute Gasteiger partial charge is 0.408 e. The second-order valence-corrected chi connectivity index (χ2v) is 30.7. The highest BCUT2D eigenvalue weighted by molar-refractivity contribution is 6.82. The molecule has 0 radical (unpaired) electrons. The molecular weight excluding hydrogens is 1010 g/mol. The monoisotopic (exact) mass is 1040 g/mol. The predicted molar refractivity (Wildman–Crippen MR) is 343 cm³/mol. The van der Waals surface area contributed by atoms with E-state index in [1.54, 1.807) is 313 Å². The minimum atomic E-state index is -0.940. The van der Waals surface area contributed by atoms with Gasteiger partial charge in [-0.05, 0) is 366 Å². The van der Waals surface area contributed by atoms with Crippen molar-refractivity contribution >= 4 is 303 Å². The summed E-state index contributed by atoms with van der Waals surface area (Å²) in [6, 6.07) is 8.64. The van der Waals surface area contributed by atoms with E-state index in [0.29, 0.717) is 0 Å². The van der Waals surface area contributed by atoms with Crippen molar-refractivity contribution in [3.8, 4) is 0 Å². The van der Waals surface area contributed by atoms with E-state index in [0.717, 1.165) is 5.56 Å². The maximum Gasteiger partial charge on any atom is 0.408 e. The van der Waals surface area contributed by atoms with E-state index < -0.39 is 34.7 Å². The topological polar surface area (TPSA) is 64.6 Å². The van der Waals surface area contributed by atoms with Crippen molar-refractivity contribution in [3.63, 3.8) is 0 Å². The molecule has 4 aliphatic carbocycles. The minimum absolute atomic E-state index is 0.0716.